The Morgan fingerprint density at radius 1 is 1.07 bits per heavy atom. The van der Waals surface area contributed by atoms with E-state index in [0.717, 1.165) is 11.1 Å². The zero-order valence-electron chi connectivity index (χ0n) is 17.7. The maximum atomic E-state index is 12.1. The molecule has 1 aliphatic rings. The van der Waals surface area contributed by atoms with Crippen LogP contribution in [-0.2, 0) is 20.9 Å². The van der Waals surface area contributed by atoms with Gasteiger partial charge < -0.3 is 23.7 Å². The van der Waals surface area contributed by atoms with Crippen molar-refractivity contribution in [1.29, 1.82) is 0 Å². The molecule has 30 heavy (non-hydrogen) atoms. The molecule has 2 aromatic carbocycles. The van der Waals surface area contributed by atoms with Crippen molar-refractivity contribution in [2.75, 3.05) is 26.9 Å². The molecule has 7 heteroatoms. The molecule has 0 aliphatic carbocycles. The minimum Gasteiger partial charge on any atom is -0.493 e. The van der Waals surface area contributed by atoms with Crippen molar-refractivity contribution in [3.63, 3.8) is 0 Å². The molecule has 0 bridgehead atoms. The third-order valence-electron chi connectivity index (χ3n) is 4.53. The summed E-state index contributed by atoms with van der Waals surface area (Å²) in [5.74, 6) is 0.611. The Kier molecular flexibility index (Phi) is 6.82. The number of fused-ring (bicyclic) bond motifs is 1. The zero-order chi connectivity index (χ0) is 21.7. The second-order valence-electron chi connectivity index (χ2n) is 7.18. The fraction of sp³-hybridized carbons (Fsp3) is 0.391. The van der Waals surface area contributed by atoms with Crippen LogP contribution in [0.25, 0.3) is 11.1 Å². The van der Waals surface area contributed by atoms with Crippen molar-refractivity contribution in [2.24, 2.45) is 5.92 Å². The van der Waals surface area contributed by atoms with E-state index in [1.165, 1.54) is 7.11 Å². The molecule has 0 fully saturated rings. The summed E-state index contributed by atoms with van der Waals surface area (Å²) in [5, 5.41) is 0. The second-order valence-corrected chi connectivity index (χ2v) is 7.18. The average molecular weight is 414 g/mol. The number of cyclic esters (lactones) is 1. The molecule has 3 rings (SSSR count). The SMILES string of the molecule is CCOc1c(OC)ccc(-c2cccc3c2COC3=O)c1OCC(=O)OCC(C)C. The topological polar surface area (TPSA) is 80.3 Å². The highest BCUT2D eigenvalue weighted by molar-refractivity contribution is 5.96. The predicted octanol–water partition coefficient (Wildman–Crippen LogP) is 4.01. The van der Waals surface area contributed by atoms with E-state index in [-0.39, 0.29) is 25.1 Å². The first kappa shape index (κ1) is 21.5. The smallest absolute Gasteiger partial charge is 0.344 e. The minimum absolute atomic E-state index is 0.177. The van der Waals surface area contributed by atoms with Crippen molar-refractivity contribution in [3.05, 3.63) is 41.5 Å². The monoisotopic (exact) mass is 414 g/mol. The number of hydrogen-bond donors (Lipinski definition) is 0. The first-order valence-corrected chi connectivity index (χ1v) is 9.87. The molecule has 0 atom stereocenters. The Hall–Kier alpha value is -3.22. The molecule has 1 heterocycles. The van der Waals surface area contributed by atoms with Crippen LogP contribution in [0.4, 0.5) is 0 Å². The summed E-state index contributed by atoms with van der Waals surface area (Å²) in [6.45, 7) is 6.36. The van der Waals surface area contributed by atoms with E-state index in [1.807, 2.05) is 32.9 Å². The van der Waals surface area contributed by atoms with Crippen LogP contribution in [-0.4, -0.2) is 38.9 Å². The Bertz CT molecular complexity index is 933. The molecular weight excluding hydrogens is 388 g/mol. The lowest BCUT2D eigenvalue weighted by Gasteiger charge is -2.19. The molecule has 0 spiro atoms. The van der Waals surface area contributed by atoms with Gasteiger partial charge in [0.15, 0.2) is 18.1 Å². The number of rotatable bonds is 9. The van der Waals surface area contributed by atoms with Gasteiger partial charge in [-0.15, -0.1) is 0 Å². The Morgan fingerprint density at radius 2 is 1.83 bits per heavy atom. The quantitative estimate of drug-likeness (QED) is 0.574. The molecule has 1 aliphatic heterocycles. The summed E-state index contributed by atoms with van der Waals surface area (Å²) in [7, 11) is 1.53. The summed E-state index contributed by atoms with van der Waals surface area (Å²) in [6.07, 6.45) is 0. The highest BCUT2D eigenvalue weighted by Gasteiger charge is 2.27. The summed E-state index contributed by atoms with van der Waals surface area (Å²) >= 11 is 0. The number of methoxy groups -OCH3 is 1. The number of carbonyl (C=O) groups excluding carboxylic acids is 2. The van der Waals surface area contributed by atoms with Crippen molar-refractivity contribution in [1.82, 2.24) is 0 Å². The normalized spacial score (nSPS) is 12.4. The van der Waals surface area contributed by atoms with Crippen LogP contribution < -0.4 is 14.2 Å². The average Bonchev–Trinajstić information content (AvgIpc) is 3.12. The van der Waals surface area contributed by atoms with Crippen molar-refractivity contribution >= 4 is 11.9 Å². The summed E-state index contributed by atoms with van der Waals surface area (Å²) in [6, 6.07) is 8.97. The fourth-order valence-electron chi connectivity index (χ4n) is 3.18. The van der Waals surface area contributed by atoms with Crippen LogP contribution in [0.3, 0.4) is 0 Å². The van der Waals surface area contributed by atoms with E-state index >= 15 is 0 Å². The Balaban J connectivity index is 2.02. The molecular formula is C23H26O7. The summed E-state index contributed by atoms with van der Waals surface area (Å²) in [5.41, 5.74) is 2.73. The molecule has 0 saturated heterocycles. The van der Waals surface area contributed by atoms with E-state index < -0.39 is 5.97 Å². The second kappa shape index (κ2) is 9.52. The van der Waals surface area contributed by atoms with Gasteiger partial charge in [-0.1, -0.05) is 26.0 Å². The standard InChI is InChI=1S/C23H26O7/c1-5-27-22-19(26-4)10-9-16(21(22)29-13-20(24)28-11-14(2)3)15-7-6-8-17-18(15)12-30-23(17)25/h6-10,14H,5,11-13H2,1-4H3. The lowest BCUT2D eigenvalue weighted by Crippen LogP contribution is -2.18. The molecule has 160 valence electrons. The van der Waals surface area contributed by atoms with Crippen LogP contribution in [0.5, 0.6) is 17.2 Å². The van der Waals surface area contributed by atoms with Crippen LogP contribution >= 0.6 is 0 Å². The van der Waals surface area contributed by atoms with Crippen LogP contribution in [0, 0.1) is 5.92 Å². The summed E-state index contributed by atoms with van der Waals surface area (Å²) in [4.78, 5) is 24.1. The molecule has 7 nitrogen and oxygen atoms in total. The van der Waals surface area contributed by atoms with E-state index in [0.29, 0.717) is 41.6 Å². The lowest BCUT2D eigenvalue weighted by molar-refractivity contribution is -0.147. The van der Waals surface area contributed by atoms with Crippen LogP contribution in [0.1, 0.15) is 36.7 Å². The molecule has 0 unspecified atom stereocenters. The van der Waals surface area contributed by atoms with Crippen molar-refractivity contribution in [3.8, 4) is 28.4 Å². The van der Waals surface area contributed by atoms with E-state index in [2.05, 4.69) is 0 Å². The third kappa shape index (κ3) is 4.50. The van der Waals surface area contributed by atoms with Gasteiger partial charge in [-0.2, -0.15) is 0 Å². The maximum absolute atomic E-state index is 12.1. The van der Waals surface area contributed by atoms with Gasteiger partial charge in [-0.05, 0) is 36.6 Å². The first-order valence-electron chi connectivity index (χ1n) is 9.87. The van der Waals surface area contributed by atoms with Crippen LogP contribution in [0.2, 0.25) is 0 Å². The van der Waals surface area contributed by atoms with Gasteiger partial charge >= 0.3 is 11.9 Å². The Morgan fingerprint density at radius 3 is 2.53 bits per heavy atom. The van der Waals surface area contributed by atoms with Crippen LogP contribution in [0.15, 0.2) is 30.3 Å². The van der Waals surface area contributed by atoms with Gasteiger partial charge in [0, 0.05) is 11.1 Å². The highest BCUT2D eigenvalue weighted by Crippen LogP contribution is 2.46. The van der Waals surface area contributed by atoms with Gasteiger partial charge in [0.1, 0.15) is 6.61 Å². The largest absolute Gasteiger partial charge is 0.493 e. The highest BCUT2D eigenvalue weighted by atomic mass is 16.6. The van der Waals surface area contributed by atoms with E-state index in [1.54, 1.807) is 18.2 Å². The van der Waals surface area contributed by atoms with Crippen molar-refractivity contribution in [2.45, 2.75) is 27.4 Å². The van der Waals surface area contributed by atoms with Gasteiger partial charge in [0.2, 0.25) is 5.75 Å². The number of benzene rings is 2. The molecule has 0 radical (unpaired) electrons. The van der Waals surface area contributed by atoms with Gasteiger partial charge in [-0.25, -0.2) is 9.59 Å². The first-order chi connectivity index (χ1) is 14.5. The lowest BCUT2D eigenvalue weighted by atomic mass is 9.95. The number of carbonyl (C=O) groups is 2. The number of esters is 2. The Labute approximate surface area is 175 Å². The fourth-order valence-corrected chi connectivity index (χ4v) is 3.18. The van der Waals surface area contributed by atoms with Gasteiger partial charge in [-0.3, -0.25) is 0 Å². The predicted molar refractivity (Wildman–Crippen MR) is 110 cm³/mol. The zero-order valence-corrected chi connectivity index (χ0v) is 17.7. The summed E-state index contributed by atoms with van der Waals surface area (Å²) < 4.78 is 27.5. The van der Waals surface area contributed by atoms with Gasteiger partial charge in [0.25, 0.3) is 0 Å². The molecule has 0 N–H and O–H groups in total. The minimum atomic E-state index is -0.475. The van der Waals surface area contributed by atoms with E-state index in [4.69, 9.17) is 23.7 Å². The number of ether oxygens (including phenoxy) is 5. The molecule has 0 saturated carbocycles. The van der Waals surface area contributed by atoms with E-state index in [9.17, 15) is 9.59 Å². The molecule has 2 aromatic rings. The van der Waals surface area contributed by atoms with Crippen molar-refractivity contribution < 1.29 is 33.3 Å². The molecule has 0 amide bonds. The molecule has 0 aromatic heterocycles. The third-order valence-corrected chi connectivity index (χ3v) is 4.53. The number of hydrogen-bond acceptors (Lipinski definition) is 7. The van der Waals surface area contributed by atoms with Gasteiger partial charge in [0.05, 0.1) is 25.9 Å². The maximum Gasteiger partial charge on any atom is 0.344 e.